The minimum atomic E-state index is 0. The van der Waals surface area contributed by atoms with Crippen LogP contribution in [0.2, 0.25) is 0 Å². The lowest BCUT2D eigenvalue weighted by Crippen LogP contribution is -2.33. The smallest absolute Gasteiger partial charge is 0.0102 e. The van der Waals surface area contributed by atoms with Crippen LogP contribution in [0.5, 0.6) is 0 Å². The molecule has 0 radical (unpaired) electrons. The molecule has 1 atom stereocenters. The molecule has 1 aliphatic rings. The maximum Gasteiger partial charge on any atom is 0.0102 e. The van der Waals surface area contributed by atoms with Gasteiger partial charge >= 0.3 is 0 Å². The zero-order valence-corrected chi connectivity index (χ0v) is 7.07. The van der Waals surface area contributed by atoms with Crippen LogP contribution in [-0.4, -0.2) is 6.04 Å². The van der Waals surface area contributed by atoms with Crippen molar-refractivity contribution < 1.29 is 0 Å². The predicted octanol–water partition coefficient (Wildman–Crippen LogP) is 2.11. The predicted molar refractivity (Wildman–Crippen MR) is 47.4 cm³/mol. The van der Waals surface area contributed by atoms with E-state index in [0.717, 1.165) is 12.3 Å². The first-order valence-corrected chi connectivity index (χ1v) is 3.71. The van der Waals surface area contributed by atoms with E-state index in [9.17, 15) is 0 Å². The molecule has 60 valence electrons. The molecule has 1 nitrogen and oxygen atoms in total. The zero-order valence-electron chi connectivity index (χ0n) is 6.25. The van der Waals surface area contributed by atoms with Crippen LogP contribution in [-0.2, 0) is 0 Å². The largest absolute Gasteiger partial charge is 0.327 e. The lowest BCUT2D eigenvalue weighted by molar-refractivity contribution is 0.262. The molecule has 2 N–H and O–H groups in total. The summed E-state index contributed by atoms with van der Waals surface area (Å²) in [4.78, 5) is 0. The Hall–Kier alpha value is -0.0100. The summed E-state index contributed by atoms with van der Waals surface area (Å²) < 4.78 is 0. The van der Waals surface area contributed by atoms with E-state index in [1.54, 1.807) is 0 Å². The van der Waals surface area contributed by atoms with Crippen molar-refractivity contribution in [3.05, 3.63) is 12.7 Å². The van der Waals surface area contributed by atoms with Crippen molar-refractivity contribution in [2.45, 2.75) is 31.7 Å². The number of hydrogen-bond donors (Lipinski definition) is 1. The summed E-state index contributed by atoms with van der Waals surface area (Å²) in [6, 6.07) is 0.399. The van der Waals surface area contributed by atoms with Gasteiger partial charge in [-0.15, -0.1) is 19.0 Å². The van der Waals surface area contributed by atoms with Gasteiger partial charge in [0.25, 0.3) is 0 Å². The van der Waals surface area contributed by atoms with E-state index < -0.39 is 0 Å². The van der Waals surface area contributed by atoms with E-state index in [1.165, 1.54) is 19.3 Å². The van der Waals surface area contributed by atoms with Crippen LogP contribution in [0.4, 0.5) is 0 Å². The SMILES string of the molecule is C=CC[C@@H](N)C1CCC1.Cl. The van der Waals surface area contributed by atoms with Gasteiger partial charge in [-0.3, -0.25) is 0 Å². The third kappa shape index (κ3) is 2.31. The van der Waals surface area contributed by atoms with Crippen LogP contribution in [0.3, 0.4) is 0 Å². The van der Waals surface area contributed by atoms with Gasteiger partial charge < -0.3 is 5.73 Å². The van der Waals surface area contributed by atoms with E-state index in [0.29, 0.717) is 6.04 Å². The van der Waals surface area contributed by atoms with Gasteiger partial charge in [0.15, 0.2) is 0 Å². The van der Waals surface area contributed by atoms with Crippen molar-refractivity contribution in [2.75, 3.05) is 0 Å². The Labute approximate surface area is 69.1 Å². The minimum Gasteiger partial charge on any atom is -0.327 e. The van der Waals surface area contributed by atoms with Crippen molar-refractivity contribution in [3.63, 3.8) is 0 Å². The number of hydrogen-bond acceptors (Lipinski definition) is 1. The van der Waals surface area contributed by atoms with Crippen molar-refractivity contribution in [1.29, 1.82) is 0 Å². The van der Waals surface area contributed by atoms with Crippen LogP contribution in [0, 0.1) is 5.92 Å². The van der Waals surface area contributed by atoms with Crippen molar-refractivity contribution in [1.82, 2.24) is 0 Å². The molecule has 1 aliphatic carbocycles. The van der Waals surface area contributed by atoms with Gasteiger partial charge in [-0.05, 0) is 25.2 Å². The number of halogens is 1. The standard InChI is InChI=1S/C8H15N.ClH/c1-2-4-8(9)7-5-3-6-7;/h2,7-8H,1,3-6,9H2;1H/t8-;/m1./s1. The Kier molecular flexibility index (Phi) is 4.75. The van der Waals surface area contributed by atoms with Gasteiger partial charge in [-0.2, -0.15) is 0 Å². The van der Waals surface area contributed by atoms with E-state index in [4.69, 9.17) is 5.73 Å². The molecule has 2 heteroatoms. The third-order valence-electron chi connectivity index (χ3n) is 2.19. The van der Waals surface area contributed by atoms with Crippen LogP contribution in [0.25, 0.3) is 0 Å². The molecule has 0 unspecified atom stereocenters. The molecule has 0 bridgehead atoms. The van der Waals surface area contributed by atoms with Gasteiger partial charge in [-0.1, -0.05) is 12.5 Å². The maximum absolute atomic E-state index is 5.82. The molecule has 0 heterocycles. The Morgan fingerprint density at radius 3 is 2.50 bits per heavy atom. The number of nitrogens with two attached hydrogens (primary N) is 1. The molecule has 1 rings (SSSR count). The molecular formula is C8H16ClN. The monoisotopic (exact) mass is 161 g/mol. The summed E-state index contributed by atoms with van der Waals surface area (Å²) in [5.74, 6) is 0.808. The van der Waals surface area contributed by atoms with Gasteiger partial charge in [-0.25, -0.2) is 0 Å². The summed E-state index contributed by atoms with van der Waals surface area (Å²) in [7, 11) is 0. The van der Waals surface area contributed by atoms with Crippen LogP contribution in [0.1, 0.15) is 25.7 Å². The summed E-state index contributed by atoms with van der Waals surface area (Å²) in [5.41, 5.74) is 5.82. The summed E-state index contributed by atoms with van der Waals surface area (Å²) in [6.45, 7) is 3.66. The highest BCUT2D eigenvalue weighted by atomic mass is 35.5. The lowest BCUT2D eigenvalue weighted by atomic mass is 9.79. The van der Waals surface area contributed by atoms with Gasteiger partial charge in [0.2, 0.25) is 0 Å². The summed E-state index contributed by atoms with van der Waals surface area (Å²) in [6.07, 6.45) is 6.98. The van der Waals surface area contributed by atoms with Crippen molar-refractivity contribution >= 4 is 12.4 Å². The van der Waals surface area contributed by atoms with Crippen molar-refractivity contribution in [2.24, 2.45) is 11.7 Å². The van der Waals surface area contributed by atoms with Gasteiger partial charge in [0.1, 0.15) is 0 Å². The zero-order chi connectivity index (χ0) is 6.69. The van der Waals surface area contributed by atoms with E-state index in [1.807, 2.05) is 6.08 Å². The second-order valence-corrected chi connectivity index (χ2v) is 2.88. The van der Waals surface area contributed by atoms with Crippen LogP contribution in [0.15, 0.2) is 12.7 Å². The third-order valence-corrected chi connectivity index (χ3v) is 2.19. The Morgan fingerprint density at radius 1 is 1.60 bits per heavy atom. The maximum atomic E-state index is 5.82. The van der Waals surface area contributed by atoms with E-state index >= 15 is 0 Å². The minimum absolute atomic E-state index is 0. The summed E-state index contributed by atoms with van der Waals surface area (Å²) >= 11 is 0. The first kappa shape index (κ1) is 9.99. The fourth-order valence-electron chi connectivity index (χ4n) is 1.25. The van der Waals surface area contributed by atoms with Crippen LogP contribution >= 0.6 is 12.4 Å². The van der Waals surface area contributed by atoms with Gasteiger partial charge in [0.05, 0.1) is 0 Å². The van der Waals surface area contributed by atoms with Gasteiger partial charge in [0, 0.05) is 6.04 Å². The topological polar surface area (TPSA) is 26.0 Å². The average molecular weight is 162 g/mol. The lowest BCUT2D eigenvalue weighted by Gasteiger charge is -2.30. The normalized spacial score (nSPS) is 20.5. The molecule has 10 heavy (non-hydrogen) atoms. The summed E-state index contributed by atoms with van der Waals surface area (Å²) in [5, 5.41) is 0. The molecule has 0 spiro atoms. The Morgan fingerprint density at radius 2 is 2.20 bits per heavy atom. The van der Waals surface area contributed by atoms with E-state index in [-0.39, 0.29) is 12.4 Å². The molecule has 1 fully saturated rings. The molecule has 1 saturated carbocycles. The molecule has 0 aromatic rings. The number of rotatable bonds is 3. The molecular weight excluding hydrogens is 146 g/mol. The van der Waals surface area contributed by atoms with Crippen molar-refractivity contribution in [3.8, 4) is 0 Å². The molecule has 0 aliphatic heterocycles. The quantitative estimate of drug-likeness (QED) is 0.631. The highest BCUT2D eigenvalue weighted by Crippen LogP contribution is 2.29. The second-order valence-electron chi connectivity index (χ2n) is 2.88. The second kappa shape index (κ2) is 4.75. The highest BCUT2D eigenvalue weighted by Gasteiger charge is 2.22. The van der Waals surface area contributed by atoms with Crippen LogP contribution < -0.4 is 5.73 Å². The highest BCUT2D eigenvalue weighted by molar-refractivity contribution is 5.85. The molecule has 0 saturated heterocycles. The Balaban J connectivity index is 0.000000810. The molecule has 0 amide bonds. The average Bonchev–Trinajstić information content (AvgIpc) is 1.60. The fourth-order valence-corrected chi connectivity index (χ4v) is 1.25. The van der Waals surface area contributed by atoms with E-state index in [2.05, 4.69) is 6.58 Å². The fraction of sp³-hybridized carbons (Fsp3) is 0.750. The molecule has 0 aromatic carbocycles. The first-order chi connectivity index (χ1) is 4.34. The Bertz CT molecular complexity index is 99.4. The first-order valence-electron chi connectivity index (χ1n) is 3.71. The molecule has 0 aromatic heterocycles.